The largest absolute Gasteiger partial charge is 0.322 e. The molecule has 3 rings (SSSR count). The summed E-state index contributed by atoms with van der Waals surface area (Å²) in [5.41, 5.74) is 0.750. The molecule has 0 aromatic heterocycles. The lowest BCUT2D eigenvalue weighted by Gasteiger charge is -2.20. The molecule has 1 heterocycles. The second-order valence-corrected chi connectivity index (χ2v) is 10.1. The van der Waals surface area contributed by atoms with E-state index in [9.17, 15) is 13.2 Å². The number of nitrogens with zero attached hydrogens (tertiary/aromatic N) is 1. The average Bonchev–Trinajstić information content (AvgIpc) is 2.85. The van der Waals surface area contributed by atoms with Gasteiger partial charge in [0.1, 0.15) is 0 Å². The molecule has 0 spiro atoms. The summed E-state index contributed by atoms with van der Waals surface area (Å²) in [4.78, 5) is 12.7. The normalized spacial score (nSPS) is 15.9. The van der Waals surface area contributed by atoms with E-state index >= 15 is 0 Å². The summed E-state index contributed by atoms with van der Waals surface area (Å²) in [6, 6.07) is 8.05. The van der Waals surface area contributed by atoms with Crippen LogP contribution in [0, 0.1) is 3.57 Å². The molecular formula is C16H12Cl3IN2O3S. The Hall–Kier alpha value is -0.740. The monoisotopic (exact) mass is 544 g/mol. The van der Waals surface area contributed by atoms with Gasteiger partial charge in [-0.05, 0) is 59.3 Å². The third-order valence-corrected chi connectivity index (χ3v) is 7.18. The molecule has 1 saturated heterocycles. The maximum Gasteiger partial charge on any atom is 0.258 e. The number of nitrogens with one attached hydrogen (secondary N) is 1. The van der Waals surface area contributed by atoms with Crippen molar-refractivity contribution in [3.63, 3.8) is 0 Å². The Labute approximate surface area is 179 Å². The fraction of sp³-hybridized carbons (Fsp3) is 0.188. The van der Waals surface area contributed by atoms with Crippen LogP contribution in [-0.4, -0.2) is 26.6 Å². The van der Waals surface area contributed by atoms with Gasteiger partial charge in [0.2, 0.25) is 10.0 Å². The van der Waals surface area contributed by atoms with Gasteiger partial charge in [0.25, 0.3) is 5.91 Å². The van der Waals surface area contributed by atoms with Gasteiger partial charge in [-0.2, -0.15) is 0 Å². The predicted octanol–water partition coefficient (Wildman–Crippen LogP) is 5.04. The van der Waals surface area contributed by atoms with Crippen LogP contribution >= 0.6 is 57.4 Å². The third kappa shape index (κ3) is 4.06. The van der Waals surface area contributed by atoms with Crippen LogP contribution in [0.2, 0.25) is 15.1 Å². The van der Waals surface area contributed by atoms with E-state index in [0.29, 0.717) is 23.7 Å². The second kappa shape index (κ2) is 7.71. The fourth-order valence-electron chi connectivity index (χ4n) is 2.67. The van der Waals surface area contributed by atoms with Crippen LogP contribution in [0.25, 0.3) is 0 Å². The van der Waals surface area contributed by atoms with Gasteiger partial charge in [0.05, 0.1) is 27.0 Å². The summed E-state index contributed by atoms with van der Waals surface area (Å²) in [7, 11) is -3.43. The highest BCUT2D eigenvalue weighted by Crippen LogP contribution is 2.37. The fourth-order valence-corrected chi connectivity index (χ4v) is 6.03. The highest BCUT2D eigenvalue weighted by atomic mass is 127. The molecule has 5 nitrogen and oxygen atoms in total. The number of carbonyl (C=O) groups is 1. The Balaban J connectivity index is 1.99. The van der Waals surface area contributed by atoms with E-state index in [4.69, 9.17) is 34.8 Å². The van der Waals surface area contributed by atoms with E-state index in [2.05, 4.69) is 27.9 Å². The van der Waals surface area contributed by atoms with E-state index in [1.807, 2.05) is 0 Å². The molecule has 0 saturated carbocycles. The number of halogens is 4. The van der Waals surface area contributed by atoms with Gasteiger partial charge in [0, 0.05) is 20.8 Å². The first-order valence-electron chi connectivity index (χ1n) is 7.45. The topological polar surface area (TPSA) is 66.5 Å². The van der Waals surface area contributed by atoms with Crippen LogP contribution in [0.5, 0.6) is 0 Å². The average molecular weight is 546 g/mol. The molecule has 26 heavy (non-hydrogen) atoms. The zero-order chi connectivity index (χ0) is 19.1. The number of amides is 1. The first-order valence-corrected chi connectivity index (χ1v) is 11.3. The molecule has 0 atom stereocenters. The number of rotatable bonds is 3. The van der Waals surface area contributed by atoms with Crippen LogP contribution in [0.1, 0.15) is 16.8 Å². The van der Waals surface area contributed by atoms with Crippen molar-refractivity contribution >= 4 is 84.7 Å². The quantitative estimate of drug-likeness (QED) is 0.550. The van der Waals surface area contributed by atoms with Gasteiger partial charge >= 0.3 is 0 Å². The van der Waals surface area contributed by atoms with E-state index in [-0.39, 0.29) is 27.0 Å². The molecule has 1 aliphatic rings. The molecule has 0 radical (unpaired) electrons. The third-order valence-electron chi connectivity index (χ3n) is 3.79. The Morgan fingerprint density at radius 2 is 1.88 bits per heavy atom. The standard InChI is InChI=1S/C16H12Cl3IN2O3S/c17-9-6-10(20)8-11(7-9)21-16(23)14-12(18)2-3-13(15(14)19)22-4-1-5-26(22,24)25/h2-3,6-8H,1,4-5H2,(H,21,23). The molecule has 1 amide bonds. The maximum atomic E-state index is 12.7. The van der Waals surface area contributed by atoms with Crippen molar-refractivity contribution in [3.8, 4) is 0 Å². The van der Waals surface area contributed by atoms with Crippen molar-refractivity contribution in [1.29, 1.82) is 0 Å². The summed E-state index contributed by atoms with van der Waals surface area (Å²) >= 11 is 20.6. The lowest BCUT2D eigenvalue weighted by molar-refractivity contribution is 0.102. The van der Waals surface area contributed by atoms with E-state index < -0.39 is 15.9 Å². The van der Waals surface area contributed by atoms with Crippen LogP contribution in [-0.2, 0) is 10.0 Å². The molecule has 0 bridgehead atoms. The molecule has 2 aromatic carbocycles. The number of sulfonamides is 1. The van der Waals surface area contributed by atoms with Crippen molar-refractivity contribution in [3.05, 3.63) is 54.5 Å². The van der Waals surface area contributed by atoms with Gasteiger partial charge in [0.15, 0.2) is 0 Å². The number of carbonyl (C=O) groups excluding carboxylic acids is 1. The molecule has 1 N–H and O–H groups in total. The first-order chi connectivity index (χ1) is 12.2. The number of anilines is 2. The number of hydrogen-bond acceptors (Lipinski definition) is 3. The molecule has 0 unspecified atom stereocenters. The summed E-state index contributed by atoms with van der Waals surface area (Å²) in [5, 5.41) is 3.30. The molecular weight excluding hydrogens is 534 g/mol. The summed E-state index contributed by atoms with van der Waals surface area (Å²) in [5.74, 6) is -0.495. The lowest BCUT2D eigenvalue weighted by atomic mass is 10.1. The highest BCUT2D eigenvalue weighted by Gasteiger charge is 2.31. The summed E-state index contributed by atoms with van der Waals surface area (Å²) < 4.78 is 26.4. The van der Waals surface area contributed by atoms with Gasteiger partial charge in [-0.1, -0.05) is 34.8 Å². The van der Waals surface area contributed by atoms with E-state index in [0.717, 1.165) is 3.57 Å². The molecule has 0 aliphatic carbocycles. The van der Waals surface area contributed by atoms with Crippen molar-refractivity contribution in [2.75, 3.05) is 21.9 Å². The van der Waals surface area contributed by atoms with E-state index in [1.165, 1.54) is 16.4 Å². The van der Waals surface area contributed by atoms with Gasteiger partial charge in [-0.3, -0.25) is 9.10 Å². The molecule has 138 valence electrons. The SMILES string of the molecule is O=C(Nc1cc(Cl)cc(I)c1)c1c(Cl)ccc(N2CCCS2(=O)=O)c1Cl. The van der Waals surface area contributed by atoms with Gasteiger partial charge < -0.3 is 5.32 Å². The maximum absolute atomic E-state index is 12.7. The van der Waals surface area contributed by atoms with Crippen LogP contribution < -0.4 is 9.62 Å². The van der Waals surface area contributed by atoms with E-state index in [1.54, 1.807) is 18.2 Å². The minimum absolute atomic E-state index is 0.00259. The Bertz CT molecular complexity index is 978. The first kappa shape index (κ1) is 20.0. The molecule has 1 aliphatic heterocycles. The minimum Gasteiger partial charge on any atom is -0.322 e. The Morgan fingerprint density at radius 1 is 1.15 bits per heavy atom. The summed E-state index contributed by atoms with van der Waals surface area (Å²) in [6.07, 6.45) is 0.504. The van der Waals surface area contributed by atoms with Crippen molar-refractivity contribution < 1.29 is 13.2 Å². The predicted molar refractivity (Wildman–Crippen MR) is 114 cm³/mol. The number of hydrogen-bond donors (Lipinski definition) is 1. The molecule has 1 fully saturated rings. The van der Waals surface area contributed by atoms with Crippen LogP contribution in [0.3, 0.4) is 0 Å². The number of benzene rings is 2. The highest BCUT2D eigenvalue weighted by molar-refractivity contribution is 14.1. The van der Waals surface area contributed by atoms with Crippen molar-refractivity contribution in [2.24, 2.45) is 0 Å². The van der Waals surface area contributed by atoms with Crippen LogP contribution in [0.4, 0.5) is 11.4 Å². The van der Waals surface area contributed by atoms with Gasteiger partial charge in [-0.25, -0.2) is 8.42 Å². The molecule has 10 heteroatoms. The van der Waals surface area contributed by atoms with Crippen LogP contribution in [0.15, 0.2) is 30.3 Å². The Morgan fingerprint density at radius 3 is 2.50 bits per heavy atom. The van der Waals surface area contributed by atoms with Crippen molar-refractivity contribution in [2.45, 2.75) is 6.42 Å². The zero-order valence-corrected chi connectivity index (χ0v) is 18.3. The lowest BCUT2D eigenvalue weighted by Crippen LogP contribution is -2.26. The smallest absolute Gasteiger partial charge is 0.258 e. The zero-order valence-electron chi connectivity index (χ0n) is 13.1. The van der Waals surface area contributed by atoms with Gasteiger partial charge in [-0.15, -0.1) is 0 Å². The Kier molecular flexibility index (Phi) is 5.93. The second-order valence-electron chi connectivity index (χ2n) is 5.61. The minimum atomic E-state index is -3.43. The molecule has 2 aromatic rings. The van der Waals surface area contributed by atoms with Crippen molar-refractivity contribution in [1.82, 2.24) is 0 Å². The summed E-state index contributed by atoms with van der Waals surface area (Å²) in [6.45, 7) is 0.317.